The van der Waals surface area contributed by atoms with Gasteiger partial charge in [0, 0.05) is 22.9 Å². The quantitative estimate of drug-likeness (QED) is 0.593. The minimum Gasteiger partial charge on any atom is -0.355 e. The van der Waals surface area contributed by atoms with Crippen LogP contribution in [0.2, 0.25) is 0 Å². The van der Waals surface area contributed by atoms with E-state index in [2.05, 4.69) is 14.7 Å². The Morgan fingerprint density at radius 1 is 1.14 bits per heavy atom. The fourth-order valence-corrected chi connectivity index (χ4v) is 3.43. The van der Waals surface area contributed by atoms with Crippen molar-refractivity contribution in [1.82, 2.24) is 9.97 Å². The first-order chi connectivity index (χ1) is 12.7. The van der Waals surface area contributed by atoms with Crippen molar-refractivity contribution in [3.63, 3.8) is 0 Å². The molecule has 6 nitrogen and oxygen atoms in total. The van der Waals surface area contributed by atoms with E-state index in [0.29, 0.717) is 16.9 Å². The topological polar surface area (TPSA) is 91.9 Å². The Morgan fingerprint density at radius 2 is 1.82 bits per heavy atom. The zero-order chi connectivity index (χ0) is 19.6. The Hall–Kier alpha value is -2.64. The lowest BCUT2D eigenvalue weighted by atomic mass is 10.0. The van der Waals surface area contributed by atoms with E-state index in [-0.39, 0.29) is 24.1 Å². The van der Waals surface area contributed by atoms with Crippen LogP contribution in [0.1, 0.15) is 45.8 Å². The largest absolute Gasteiger partial charge is 0.355 e. The third-order valence-electron chi connectivity index (χ3n) is 4.30. The van der Waals surface area contributed by atoms with Gasteiger partial charge in [-0.05, 0) is 30.7 Å². The number of hydrogen-bond acceptors (Lipinski definition) is 4. The number of aromatic nitrogens is 2. The summed E-state index contributed by atoms with van der Waals surface area (Å²) >= 11 is 0. The van der Waals surface area contributed by atoms with Gasteiger partial charge in [-0.1, -0.05) is 37.3 Å². The number of pyridine rings is 1. The molecule has 0 fully saturated rings. The molecular formula is C20H22ClN3O3S. The lowest BCUT2D eigenvalue weighted by Gasteiger charge is -2.10. The second-order valence-electron chi connectivity index (χ2n) is 6.55. The van der Waals surface area contributed by atoms with Crippen molar-refractivity contribution in [3.8, 4) is 0 Å². The molecule has 0 bridgehead atoms. The van der Waals surface area contributed by atoms with Gasteiger partial charge in [-0.3, -0.25) is 14.5 Å². The van der Waals surface area contributed by atoms with Crippen LogP contribution in [-0.2, 0) is 10.0 Å². The zero-order valence-electron chi connectivity index (χ0n) is 15.8. The zero-order valence-corrected chi connectivity index (χ0v) is 17.4. The number of ketones is 1. The fraction of sp³-hybridized carbons (Fsp3) is 0.200. The predicted octanol–water partition coefficient (Wildman–Crippen LogP) is 3.89. The van der Waals surface area contributed by atoms with Crippen LogP contribution in [0.4, 0.5) is 5.69 Å². The Labute approximate surface area is 170 Å². The number of anilines is 1. The van der Waals surface area contributed by atoms with Gasteiger partial charge in [0.2, 0.25) is 15.8 Å². The third-order valence-corrected chi connectivity index (χ3v) is 4.90. The number of halogens is 1. The number of sulfonamides is 1. The van der Waals surface area contributed by atoms with Gasteiger partial charge in [-0.15, -0.1) is 12.4 Å². The van der Waals surface area contributed by atoms with E-state index in [4.69, 9.17) is 0 Å². The lowest BCUT2D eigenvalue weighted by Crippen LogP contribution is -2.10. The van der Waals surface area contributed by atoms with Gasteiger partial charge in [-0.2, -0.15) is 0 Å². The second-order valence-corrected chi connectivity index (χ2v) is 8.29. The Balaban J connectivity index is 0.00000280. The molecule has 0 amide bonds. The molecule has 1 atom stereocenters. The highest BCUT2D eigenvalue weighted by atomic mass is 35.5. The molecule has 1 aromatic carbocycles. The molecule has 2 N–H and O–H groups in total. The Kier molecular flexibility index (Phi) is 6.64. The van der Waals surface area contributed by atoms with E-state index in [1.807, 2.05) is 38.1 Å². The highest BCUT2D eigenvalue weighted by Gasteiger charge is 2.19. The number of hydrogen-bond donors (Lipinski definition) is 2. The fourth-order valence-electron chi connectivity index (χ4n) is 2.88. The van der Waals surface area contributed by atoms with Crippen LogP contribution in [0.5, 0.6) is 0 Å². The summed E-state index contributed by atoms with van der Waals surface area (Å²) in [6, 6.07) is 14.5. The molecule has 0 radical (unpaired) electrons. The molecular weight excluding hydrogens is 398 g/mol. The van der Waals surface area contributed by atoms with Crippen LogP contribution in [0.25, 0.3) is 0 Å². The van der Waals surface area contributed by atoms with Crippen LogP contribution in [0, 0.1) is 6.92 Å². The summed E-state index contributed by atoms with van der Waals surface area (Å²) < 4.78 is 25.0. The summed E-state index contributed by atoms with van der Waals surface area (Å²) in [5.41, 5.74) is 4.14. The van der Waals surface area contributed by atoms with Gasteiger partial charge < -0.3 is 4.98 Å². The first-order valence-electron chi connectivity index (χ1n) is 8.47. The first kappa shape index (κ1) is 21.7. The highest BCUT2D eigenvalue weighted by Crippen LogP contribution is 2.26. The molecule has 8 heteroatoms. The van der Waals surface area contributed by atoms with Crippen LogP contribution in [0.15, 0.2) is 54.7 Å². The molecule has 148 valence electrons. The molecule has 2 heterocycles. The number of nitrogens with zero attached hydrogens (tertiary/aromatic N) is 1. The Bertz CT molecular complexity index is 1060. The van der Waals surface area contributed by atoms with Gasteiger partial charge >= 0.3 is 0 Å². The molecule has 0 spiro atoms. The summed E-state index contributed by atoms with van der Waals surface area (Å²) in [5, 5.41) is 0. The van der Waals surface area contributed by atoms with Crippen molar-refractivity contribution in [3.05, 3.63) is 82.9 Å². The summed E-state index contributed by atoms with van der Waals surface area (Å²) in [6.45, 7) is 3.88. The molecule has 3 rings (SSSR count). The first-order valence-corrected chi connectivity index (χ1v) is 10.4. The predicted molar refractivity (Wildman–Crippen MR) is 113 cm³/mol. The summed E-state index contributed by atoms with van der Waals surface area (Å²) in [7, 11) is -3.33. The number of aryl methyl sites for hydroxylation is 1. The summed E-state index contributed by atoms with van der Waals surface area (Å²) in [6.07, 6.45) is 2.58. The average Bonchev–Trinajstić information content (AvgIpc) is 3.02. The molecule has 3 aromatic rings. The normalized spacial score (nSPS) is 12.1. The van der Waals surface area contributed by atoms with Gasteiger partial charge in [0.05, 0.1) is 23.8 Å². The molecule has 0 aliphatic heterocycles. The monoisotopic (exact) mass is 419 g/mol. The van der Waals surface area contributed by atoms with Crippen molar-refractivity contribution in [2.24, 2.45) is 0 Å². The smallest absolute Gasteiger partial charge is 0.229 e. The number of benzene rings is 1. The van der Waals surface area contributed by atoms with E-state index in [1.165, 1.54) is 6.20 Å². The lowest BCUT2D eigenvalue weighted by molar-refractivity contribution is 0.103. The number of aromatic amines is 1. The van der Waals surface area contributed by atoms with E-state index in [1.54, 1.807) is 24.3 Å². The molecule has 1 unspecified atom stereocenters. The number of carbonyl (C=O) groups is 1. The highest BCUT2D eigenvalue weighted by molar-refractivity contribution is 7.92. The maximum Gasteiger partial charge on any atom is 0.229 e. The van der Waals surface area contributed by atoms with Crippen LogP contribution >= 0.6 is 12.4 Å². The van der Waals surface area contributed by atoms with Gasteiger partial charge in [0.15, 0.2) is 0 Å². The van der Waals surface area contributed by atoms with Crippen molar-refractivity contribution < 1.29 is 13.2 Å². The van der Waals surface area contributed by atoms with Crippen molar-refractivity contribution in [2.45, 2.75) is 19.8 Å². The molecule has 28 heavy (non-hydrogen) atoms. The summed E-state index contributed by atoms with van der Waals surface area (Å²) in [4.78, 5) is 20.3. The molecule has 0 aliphatic rings. The summed E-state index contributed by atoms with van der Waals surface area (Å²) in [5.74, 6) is -0.125. The van der Waals surface area contributed by atoms with E-state index in [9.17, 15) is 13.2 Å². The molecule has 0 saturated heterocycles. The van der Waals surface area contributed by atoms with Crippen LogP contribution < -0.4 is 4.72 Å². The van der Waals surface area contributed by atoms with E-state index >= 15 is 0 Å². The number of H-pyrrole nitrogens is 1. The second kappa shape index (κ2) is 8.58. The maximum absolute atomic E-state index is 12.7. The molecule has 0 saturated carbocycles. The number of carbonyl (C=O) groups excluding carboxylic acids is 1. The Morgan fingerprint density at radius 3 is 2.39 bits per heavy atom. The van der Waals surface area contributed by atoms with Gasteiger partial charge in [-0.25, -0.2) is 8.42 Å². The minimum absolute atomic E-state index is 0. The van der Waals surface area contributed by atoms with E-state index in [0.717, 1.165) is 23.2 Å². The molecule has 2 aromatic heterocycles. The third kappa shape index (κ3) is 4.99. The number of rotatable bonds is 6. The van der Waals surface area contributed by atoms with Gasteiger partial charge in [0.25, 0.3) is 0 Å². The minimum atomic E-state index is -3.33. The van der Waals surface area contributed by atoms with Gasteiger partial charge in [0.1, 0.15) is 0 Å². The average molecular weight is 420 g/mol. The van der Waals surface area contributed by atoms with Crippen LogP contribution in [-0.4, -0.2) is 30.4 Å². The number of nitrogens with one attached hydrogen (secondary N) is 2. The molecule has 0 aliphatic carbocycles. The van der Waals surface area contributed by atoms with Crippen LogP contribution in [0.3, 0.4) is 0 Å². The standard InChI is InChI=1S/C20H21N3O3S.ClH/c1-13-11-18(22-19(13)20(24)15-7-5-4-6-8-15)14(2)17-10-9-16(12-21-17)23-27(3,25)26;/h4-12,14,22-23H,1-3H3;1H. The van der Waals surface area contributed by atoms with Crippen molar-refractivity contribution in [2.75, 3.05) is 11.0 Å². The van der Waals surface area contributed by atoms with Crippen molar-refractivity contribution in [1.29, 1.82) is 0 Å². The van der Waals surface area contributed by atoms with Crippen molar-refractivity contribution >= 4 is 33.9 Å². The SMILES string of the molecule is Cc1cc(C(C)c2ccc(NS(C)(=O)=O)cn2)[nH]c1C(=O)c1ccccc1.Cl. The van der Waals surface area contributed by atoms with E-state index < -0.39 is 10.0 Å². The maximum atomic E-state index is 12.7.